The number of benzene rings is 1. The van der Waals surface area contributed by atoms with Crippen LogP contribution in [0.5, 0.6) is 0 Å². The summed E-state index contributed by atoms with van der Waals surface area (Å²) in [6.07, 6.45) is 29.9. The second kappa shape index (κ2) is 19.3. The molecule has 4 saturated carbocycles. The van der Waals surface area contributed by atoms with E-state index in [0.29, 0.717) is 17.3 Å². The van der Waals surface area contributed by atoms with Gasteiger partial charge in [-0.25, -0.2) is 0 Å². The molecule has 2 heteroatoms. The minimum absolute atomic E-state index is 0.0856. The van der Waals surface area contributed by atoms with Gasteiger partial charge < -0.3 is 4.74 Å². The average molecular weight is 703 g/mol. The smallest absolute Gasteiger partial charge is 0.306 e. The summed E-state index contributed by atoms with van der Waals surface area (Å²) in [6.45, 7) is 17.5. The summed E-state index contributed by atoms with van der Waals surface area (Å²) >= 11 is 0. The van der Waals surface area contributed by atoms with Gasteiger partial charge in [0.2, 0.25) is 0 Å². The summed E-state index contributed by atoms with van der Waals surface area (Å²) in [6, 6.07) is 11.0. The van der Waals surface area contributed by atoms with Crippen molar-refractivity contribution in [3.8, 4) is 0 Å². The van der Waals surface area contributed by atoms with Crippen LogP contribution in [0.3, 0.4) is 0 Å². The Morgan fingerprint density at radius 1 is 0.725 bits per heavy atom. The standard InChI is InChI=1S/C49H82O2/c1-8-38(22-16-23-39(9-2)25-26-40-20-11-10-12-21-40)19-13-14-24-47(50)51-42-31-33-48(6)41(35-42)27-28-43-45-30-29-44(37(5)18-15-17-36(3)4)49(45,7)34-32-46(43)48/h10-12,20-21,36-39,41-46H,8-9,13-19,22-35H2,1-7H3/t37-,38?,39?,41+,42+,43+,44-,45+,46+,48+,49-/m1/s1. The maximum Gasteiger partial charge on any atom is 0.306 e. The van der Waals surface area contributed by atoms with Crippen LogP contribution in [0.25, 0.3) is 0 Å². The van der Waals surface area contributed by atoms with Gasteiger partial charge in [0, 0.05) is 6.42 Å². The van der Waals surface area contributed by atoms with Crippen LogP contribution >= 0.6 is 0 Å². The maximum atomic E-state index is 13.1. The molecule has 0 N–H and O–H groups in total. The minimum Gasteiger partial charge on any atom is -0.462 e. The summed E-state index contributed by atoms with van der Waals surface area (Å²) in [5.41, 5.74) is 2.52. The SMILES string of the molecule is CCC(CCCCC(=O)O[C@H]1CC[C@@]2(C)[C@@H](CC[C@@H]3[C@@H]2CC[C@]2(C)[C@@H]([C@H](C)CCCC(C)C)CC[C@@H]32)C1)CCCC(CC)CCc1ccccc1. The number of fused-ring (bicyclic) bond motifs is 5. The Morgan fingerprint density at radius 2 is 1.39 bits per heavy atom. The highest BCUT2D eigenvalue weighted by atomic mass is 16.5. The summed E-state index contributed by atoms with van der Waals surface area (Å²) in [5, 5.41) is 0. The van der Waals surface area contributed by atoms with Gasteiger partial charge in [0.15, 0.2) is 0 Å². The van der Waals surface area contributed by atoms with E-state index >= 15 is 0 Å². The van der Waals surface area contributed by atoms with Crippen LogP contribution in [0.4, 0.5) is 0 Å². The molecule has 11 atom stereocenters. The molecule has 0 amide bonds. The Hall–Kier alpha value is -1.31. The fourth-order valence-electron chi connectivity index (χ4n) is 13.1. The summed E-state index contributed by atoms with van der Waals surface area (Å²) in [5.74, 6) is 7.95. The monoisotopic (exact) mass is 703 g/mol. The molecule has 51 heavy (non-hydrogen) atoms. The second-order valence-corrected chi connectivity index (χ2v) is 19.8. The summed E-state index contributed by atoms with van der Waals surface area (Å²) in [7, 11) is 0. The predicted octanol–water partition coefficient (Wildman–Crippen LogP) is 14.4. The first-order valence-electron chi connectivity index (χ1n) is 22.8. The third-order valence-electron chi connectivity index (χ3n) is 16.4. The molecule has 0 bridgehead atoms. The predicted molar refractivity (Wildman–Crippen MR) is 218 cm³/mol. The van der Waals surface area contributed by atoms with Gasteiger partial charge in [0.1, 0.15) is 6.10 Å². The Kier molecular flexibility index (Phi) is 15.5. The molecule has 1 aromatic rings. The Balaban J connectivity index is 0.991. The number of aryl methyl sites for hydroxylation is 1. The fourth-order valence-corrected chi connectivity index (χ4v) is 13.1. The van der Waals surface area contributed by atoms with Crippen molar-refractivity contribution in [2.45, 2.75) is 202 Å². The number of hydrogen-bond donors (Lipinski definition) is 0. The molecular weight excluding hydrogens is 621 g/mol. The highest BCUT2D eigenvalue weighted by molar-refractivity contribution is 5.69. The number of hydrogen-bond acceptors (Lipinski definition) is 2. The first kappa shape index (κ1) is 40.9. The molecule has 0 radical (unpaired) electrons. The normalized spacial score (nSPS) is 33.6. The summed E-state index contributed by atoms with van der Waals surface area (Å²) in [4.78, 5) is 13.1. The highest BCUT2D eigenvalue weighted by Gasteiger charge is 2.60. The molecule has 2 nitrogen and oxygen atoms in total. The molecule has 4 aliphatic carbocycles. The van der Waals surface area contributed by atoms with E-state index in [4.69, 9.17) is 4.74 Å². The zero-order valence-electron chi connectivity index (χ0n) is 34.7. The van der Waals surface area contributed by atoms with E-state index in [1.807, 2.05) is 0 Å². The Morgan fingerprint density at radius 3 is 2.12 bits per heavy atom. The molecule has 5 rings (SSSR count). The molecule has 0 heterocycles. The quantitative estimate of drug-likeness (QED) is 0.0999. The number of carbonyl (C=O) groups excluding carboxylic acids is 1. The zero-order valence-corrected chi connectivity index (χ0v) is 34.7. The van der Waals surface area contributed by atoms with Crippen molar-refractivity contribution in [3.05, 3.63) is 35.9 Å². The van der Waals surface area contributed by atoms with Crippen LogP contribution in [0.2, 0.25) is 0 Å². The lowest BCUT2D eigenvalue weighted by Gasteiger charge is -2.61. The Bertz CT molecular complexity index is 1160. The van der Waals surface area contributed by atoms with Gasteiger partial charge in [-0.3, -0.25) is 4.79 Å². The Labute approximate surface area is 316 Å². The molecule has 0 spiro atoms. The van der Waals surface area contributed by atoms with Crippen LogP contribution in [0.15, 0.2) is 30.3 Å². The van der Waals surface area contributed by atoms with E-state index in [1.165, 1.54) is 128 Å². The van der Waals surface area contributed by atoms with Gasteiger partial charge >= 0.3 is 5.97 Å². The second-order valence-electron chi connectivity index (χ2n) is 19.8. The first-order valence-corrected chi connectivity index (χ1v) is 22.8. The summed E-state index contributed by atoms with van der Waals surface area (Å²) < 4.78 is 6.25. The van der Waals surface area contributed by atoms with Crippen molar-refractivity contribution in [1.29, 1.82) is 0 Å². The lowest BCUT2D eigenvalue weighted by Crippen LogP contribution is -2.54. The van der Waals surface area contributed by atoms with Gasteiger partial charge in [-0.1, -0.05) is 143 Å². The van der Waals surface area contributed by atoms with Crippen molar-refractivity contribution in [3.63, 3.8) is 0 Å². The van der Waals surface area contributed by atoms with E-state index in [9.17, 15) is 4.79 Å². The molecule has 2 unspecified atom stereocenters. The van der Waals surface area contributed by atoms with Gasteiger partial charge in [0.05, 0.1) is 0 Å². The van der Waals surface area contributed by atoms with Crippen molar-refractivity contribution < 1.29 is 9.53 Å². The number of esters is 1. The number of carbonyl (C=O) groups is 1. The molecular formula is C49H82O2. The molecule has 0 aromatic heterocycles. The number of ether oxygens (including phenoxy) is 1. The van der Waals surface area contributed by atoms with Gasteiger partial charge in [-0.15, -0.1) is 0 Å². The van der Waals surface area contributed by atoms with E-state index in [-0.39, 0.29) is 12.1 Å². The van der Waals surface area contributed by atoms with Crippen molar-refractivity contribution in [1.82, 2.24) is 0 Å². The minimum atomic E-state index is 0.0856. The van der Waals surface area contributed by atoms with Crippen molar-refractivity contribution >= 4 is 5.97 Å². The van der Waals surface area contributed by atoms with Gasteiger partial charge in [-0.05, 0) is 147 Å². The van der Waals surface area contributed by atoms with E-state index in [2.05, 4.69) is 78.8 Å². The largest absolute Gasteiger partial charge is 0.462 e. The van der Waals surface area contributed by atoms with Crippen molar-refractivity contribution in [2.75, 3.05) is 0 Å². The van der Waals surface area contributed by atoms with Crippen LogP contribution < -0.4 is 0 Å². The van der Waals surface area contributed by atoms with Gasteiger partial charge in [-0.2, -0.15) is 0 Å². The van der Waals surface area contributed by atoms with Crippen LogP contribution in [0, 0.1) is 64.1 Å². The maximum absolute atomic E-state index is 13.1. The van der Waals surface area contributed by atoms with Crippen molar-refractivity contribution in [2.24, 2.45) is 64.1 Å². The van der Waals surface area contributed by atoms with Gasteiger partial charge in [0.25, 0.3) is 0 Å². The average Bonchev–Trinajstić information content (AvgIpc) is 3.48. The van der Waals surface area contributed by atoms with E-state index in [1.54, 1.807) is 0 Å². The molecule has 290 valence electrons. The molecule has 0 aliphatic heterocycles. The lowest BCUT2D eigenvalue weighted by molar-refractivity contribution is -0.162. The zero-order chi connectivity index (χ0) is 36.4. The van der Waals surface area contributed by atoms with E-state index in [0.717, 1.165) is 72.5 Å². The molecule has 1 aromatic carbocycles. The fraction of sp³-hybridized carbons (Fsp3) is 0.857. The third kappa shape index (κ3) is 10.5. The topological polar surface area (TPSA) is 26.3 Å². The van der Waals surface area contributed by atoms with E-state index < -0.39 is 0 Å². The lowest BCUT2D eigenvalue weighted by atomic mass is 9.44. The first-order chi connectivity index (χ1) is 24.6. The highest BCUT2D eigenvalue weighted by Crippen LogP contribution is 2.68. The van der Waals surface area contributed by atoms with Crippen LogP contribution in [-0.4, -0.2) is 12.1 Å². The number of rotatable bonds is 20. The van der Waals surface area contributed by atoms with Crippen LogP contribution in [0.1, 0.15) is 195 Å². The van der Waals surface area contributed by atoms with Crippen LogP contribution in [-0.2, 0) is 16.0 Å². The molecule has 0 saturated heterocycles. The molecule has 4 aliphatic rings. The third-order valence-corrected chi connectivity index (χ3v) is 16.4. The number of unbranched alkanes of at least 4 members (excludes halogenated alkanes) is 1. The molecule has 4 fully saturated rings.